The lowest BCUT2D eigenvalue weighted by atomic mass is 10.3. The number of para-hydroxylation sites is 1. The number of hydrogen-bond donors (Lipinski definition) is 2. The molecule has 1 aliphatic heterocycles. The molecule has 1 fully saturated rings. The van der Waals surface area contributed by atoms with Gasteiger partial charge >= 0.3 is 0 Å². The number of benzene rings is 1. The van der Waals surface area contributed by atoms with Crippen molar-refractivity contribution in [1.82, 2.24) is 15.1 Å². The molecule has 0 saturated carbocycles. The molecule has 2 heterocycles. The number of anilines is 1. The fourth-order valence-corrected chi connectivity index (χ4v) is 3.04. The number of rotatable bonds is 4. The van der Waals surface area contributed by atoms with Gasteiger partial charge in [0.2, 0.25) is 5.01 Å². The standard InChI is InChI=1S/C14H16N4O2S/c19-11-6-7-18(8-11)9-12-16-17-14(21-12)13(20)15-10-4-2-1-3-5-10/h1-5,11,19H,6-9H2,(H,15,20)/t11-/m0/s1. The molecular formula is C14H16N4O2S. The third kappa shape index (κ3) is 3.63. The van der Waals surface area contributed by atoms with Gasteiger partial charge in [0.1, 0.15) is 5.01 Å². The van der Waals surface area contributed by atoms with E-state index in [0.29, 0.717) is 18.1 Å². The van der Waals surface area contributed by atoms with Crippen molar-refractivity contribution in [2.45, 2.75) is 19.1 Å². The summed E-state index contributed by atoms with van der Waals surface area (Å²) < 4.78 is 0. The highest BCUT2D eigenvalue weighted by molar-refractivity contribution is 7.13. The summed E-state index contributed by atoms with van der Waals surface area (Å²) >= 11 is 1.29. The summed E-state index contributed by atoms with van der Waals surface area (Å²) in [4.78, 5) is 14.2. The molecule has 0 unspecified atom stereocenters. The maximum atomic E-state index is 12.1. The molecule has 1 aromatic heterocycles. The predicted octanol–water partition coefficient (Wildman–Crippen LogP) is 1.36. The van der Waals surface area contributed by atoms with Crippen molar-refractivity contribution in [1.29, 1.82) is 0 Å². The largest absolute Gasteiger partial charge is 0.392 e. The first-order chi connectivity index (χ1) is 10.2. The van der Waals surface area contributed by atoms with Gasteiger partial charge in [0.15, 0.2) is 0 Å². The Labute approximate surface area is 126 Å². The maximum Gasteiger partial charge on any atom is 0.286 e. The van der Waals surface area contributed by atoms with E-state index in [9.17, 15) is 9.90 Å². The second-order valence-corrected chi connectivity index (χ2v) is 6.06. The second-order valence-electron chi connectivity index (χ2n) is 5.00. The van der Waals surface area contributed by atoms with Crippen molar-refractivity contribution in [2.75, 3.05) is 18.4 Å². The molecule has 1 atom stereocenters. The zero-order chi connectivity index (χ0) is 14.7. The summed E-state index contributed by atoms with van der Waals surface area (Å²) in [5.41, 5.74) is 0.738. The van der Waals surface area contributed by atoms with Gasteiger partial charge in [-0.15, -0.1) is 10.2 Å². The molecular weight excluding hydrogens is 288 g/mol. The van der Waals surface area contributed by atoms with Gasteiger partial charge in [-0.1, -0.05) is 29.5 Å². The molecule has 1 aromatic carbocycles. The summed E-state index contributed by atoms with van der Waals surface area (Å²) in [7, 11) is 0. The van der Waals surface area contributed by atoms with Crippen molar-refractivity contribution in [3.05, 3.63) is 40.3 Å². The van der Waals surface area contributed by atoms with Crippen LogP contribution in [0, 0.1) is 0 Å². The van der Waals surface area contributed by atoms with Crippen molar-refractivity contribution in [3.63, 3.8) is 0 Å². The van der Waals surface area contributed by atoms with E-state index < -0.39 is 0 Å². The number of nitrogens with one attached hydrogen (secondary N) is 1. The predicted molar refractivity (Wildman–Crippen MR) is 80.2 cm³/mol. The van der Waals surface area contributed by atoms with Gasteiger partial charge in [-0.3, -0.25) is 9.69 Å². The summed E-state index contributed by atoms with van der Waals surface area (Å²) in [5, 5.41) is 21.4. The summed E-state index contributed by atoms with van der Waals surface area (Å²) in [5.74, 6) is -0.244. The normalized spacial score (nSPS) is 18.8. The van der Waals surface area contributed by atoms with Crippen LogP contribution in [0.2, 0.25) is 0 Å². The molecule has 110 valence electrons. The molecule has 6 nitrogen and oxygen atoms in total. The summed E-state index contributed by atoms with van der Waals surface area (Å²) in [6.07, 6.45) is 0.541. The Morgan fingerprint density at radius 2 is 2.19 bits per heavy atom. The molecule has 0 spiro atoms. The number of nitrogens with zero attached hydrogens (tertiary/aromatic N) is 3. The molecule has 0 aliphatic carbocycles. The molecule has 1 aliphatic rings. The topological polar surface area (TPSA) is 78.4 Å². The van der Waals surface area contributed by atoms with E-state index in [-0.39, 0.29) is 12.0 Å². The molecule has 21 heavy (non-hydrogen) atoms. The van der Waals surface area contributed by atoms with Gasteiger partial charge in [0.05, 0.1) is 12.6 Å². The van der Waals surface area contributed by atoms with E-state index in [4.69, 9.17) is 0 Å². The Hall–Kier alpha value is -1.83. The van der Waals surface area contributed by atoms with Crippen LogP contribution in [0.15, 0.2) is 30.3 Å². The second kappa shape index (κ2) is 6.30. The van der Waals surface area contributed by atoms with Crippen LogP contribution in [0.1, 0.15) is 21.2 Å². The van der Waals surface area contributed by atoms with Crippen molar-refractivity contribution in [2.24, 2.45) is 0 Å². The number of amides is 1. The highest BCUT2D eigenvalue weighted by Gasteiger charge is 2.22. The Balaban J connectivity index is 1.60. The van der Waals surface area contributed by atoms with Gasteiger partial charge in [-0.05, 0) is 18.6 Å². The van der Waals surface area contributed by atoms with Gasteiger partial charge in [-0.2, -0.15) is 0 Å². The molecule has 2 N–H and O–H groups in total. The summed E-state index contributed by atoms with van der Waals surface area (Å²) in [6.45, 7) is 2.14. The highest BCUT2D eigenvalue weighted by Crippen LogP contribution is 2.17. The minimum Gasteiger partial charge on any atom is -0.392 e. The van der Waals surface area contributed by atoms with Crippen molar-refractivity contribution in [3.8, 4) is 0 Å². The monoisotopic (exact) mass is 304 g/mol. The van der Waals surface area contributed by atoms with E-state index in [1.54, 1.807) is 0 Å². The first-order valence-electron chi connectivity index (χ1n) is 6.80. The molecule has 7 heteroatoms. The number of hydrogen-bond acceptors (Lipinski definition) is 6. The van der Waals surface area contributed by atoms with Crippen LogP contribution in [0.5, 0.6) is 0 Å². The first kappa shape index (κ1) is 14.1. The van der Waals surface area contributed by atoms with Gasteiger partial charge < -0.3 is 10.4 Å². The van der Waals surface area contributed by atoms with Crippen LogP contribution < -0.4 is 5.32 Å². The van der Waals surface area contributed by atoms with E-state index in [1.807, 2.05) is 30.3 Å². The lowest BCUT2D eigenvalue weighted by molar-refractivity contribution is 0.102. The van der Waals surface area contributed by atoms with E-state index >= 15 is 0 Å². The van der Waals surface area contributed by atoms with E-state index in [2.05, 4.69) is 20.4 Å². The zero-order valence-electron chi connectivity index (χ0n) is 11.4. The number of carbonyl (C=O) groups excluding carboxylic acids is 1. The zero-order valence-corrected chi connectivity index (χ0v) is 12.2. The molecule has 3 rings (SSSR count). The SMILES string of the molecule is O=C(Nc1ccccc1)c1nnc(CN2CC[C@H](O)C2)s1. The van der Waals surface area contributed by atoms with E-state index in [1.165, 1.54) is 11.3 Å². The fourth-order valence-electron chi connectivity index (χ4n) is 2.26. The van der Waals surface area contributed by atoms with Crippen molar-refractivity contribution < 1.29 is 9.90 Å². The number of β-amino-alcohol motifs (C(OH)–C–C–N with tert-alkyl or cyclic N) is 1. The lowest BCUT2D eigenvalue weighted by Gasteiger charge is -2.11. The Morgan fingerprint density at radius 3 is 2.90 bits per heavy atom. The average molecular weight is 304 g/mol. The van der Waals surface area contributed by atoms with Crippen LogP contribution in [-0.4, -0.2) is 45.3 Å². The fraction of sp³-hybridized carbons (Fsp3) is 0.357. The van der Waals surface area contributed by atoms with E-state index in [0.717, 1.165) is 23.7 Å². The molecule has 0 bridgehead atoms. The van der Waals surface area contributed by atoms with Crippen LogP contribution in [0.4, 0.5) is 5.69 Å². The first-order valence-corrected chi connectivity index (χ1v) is 7.61. The molecule has 1 saturated heterocycles. The number of likely N-dealkylation sites (tertiary alicyclic amines) is 1. The molecule has 0 radical (unpaired) electrons. The molecule has 2 aromatic rings. The van der Waals surface area contributed by atoms with Crippen molar-refractivity contribution >= 4 is 22.9 Å². The number of aliphatic hydroxyl groups is 1. The van der Waals surface area contributed by atoms with Crippen LogP contribution in [0.25, 0.3) is 0 Å². The van der Waals surface area contributed by atoms with Crippen LogP contribution >= 0.6 is 11.3 Å². The highest BCUT2D eigenvalue weighted by atomic mass is 32.1. The minimum absolute atomic E-state index is 0.244. The third-order valence-electron chi connectivity index (χ3n) is 3.30. The number of aliphatic hydroxyl groups excluding tert-OH is 1. The Morgan fingerprint density at radius 1 is 1.38 bits per heavy atom. The van der Waals surface area contributed by atoms with Gasteiger partial charge in [-0.25, -0.2) is 0 Å². The summed E-state index contributed by atoms with van der Waals surface area (Å²) in [6, 6.07) is 9.26. The number of aromatic nitrogens is 2. The average Bonchev–Trinajstić information content (AvgIpc) is 3.10. The van der Waals surface area contributed by atoms with Gasteiger partial charge in [0.25, 0.3) is 5.91 Å². The Bertz CT molecular complexity index is 616. The smallest absolute Gasteiger partial charge is 0.286 e. The van der Waals surface area contributed by atoms with Crippen LogP contribution in [0.3, 0.4) is 0 Å². The lowest BCUT2D eigenvalue weighted by Crippen LogP contribution is -2.21. The third-order valence-corrected chi connectivity index (χ3v) is 4.21. The van der Waals surface area contributed by atoms with Crippen LogP contribution in [-0.2, 0) is 6.54 Å². The minimum atomic E-state index is -0.251. The Kier molecular flexibility index (Phi) is 4.23. The molecule has 1 amide bonds. The number of carbonyl (C=O) groups is 1. The van der Waals surface area contributed by atoms with Gasteiger partial charge in [0, 0.05) is 18.8 Å². The maximum absolute atomic E-state index is 12.1. The quantitative estimate of drug-likeness (QED) is 0.891.